The highest BCUT2D eigenvalue weighted by Crippen LogP contribution is 2.49. The number of esters is 1. The maximum Gasteiger partial charge on any atom is 0.416 e. The molecule has 268 valence electrons. The van der Waals surface area contributed by atoms with E-state index >= 15 is 0 Å². The number of anilines is 2. The molecule has 0 aliphatic carbocycles. The number of likely N-dealkylation sites (tertiary alicyclic amines) is 1. The second-order valence-corrected chi connectivity index (χ2v) is 14.5. The molecule has 2 aromatic rings. The van der Waals surface area contributed by atoms with Gasteiger partial charge in [-0.15, -0.1) is 0 Å². The first-order chi connectivity index (χ1) is 23.3. The number of piperidine rings is 1. The van der Waals surface area contributed by atoms with Gasteiger partial charge in [-0.1, -0.05) is 108 Å². The van der Waals surface area contributed by atoms with E-state index in [1.54, 1.807) is 6.07 Å². The van der Waals surface area contributed by atoms with E-state index in [9.17, 15) is 18.0 Å². The number of carbonyl (C=O) groups is 1. The minimum Gasteiger partial charge on any atom is -0.463 e. The Labute approximate surface area is 291 Å². The lowest BCUT2D eigenvalue weighted by Crippen LogP contribution is -2.38. The zero-order chi connectivity index (χ0) is 34.0. The molecule has 2 heterocycles. The number of para-hydroxylation sites is 1. The van der Waals surface area contributed by atoms with Crippen LogP contribution < -0.4 is 4.90 Å². The van der Waals surface area contributed by atoms with Crippen LogP contribution in [-0.4, -0.2) is 56.4 Å². The van der Waals surface area contributed by atoms with Crippen LogP contribution >= 0.6 is 11.8 Å². The van der Waals surface area contributed by atoms with E-state index < -0.39 is 11.7 Å². The first kappa shape index (κ1) is 38.6. The molecule has 48 heavy (non-hydrogen) atoms. The van der Waals surface area contributed by atoms with Gasteiger partial charge in [0.15, 0.2) is 0 Å². The highest BCUT2D eigenvalue weighted by molar-refractivity contribution is 7.99. The molecule has 0 saturated carbocycles. The van der Waals surface area contributed by atoms with E-state index in [1.165, 1.54) is 94.5 Å². The molecule has 0 atom stereocenters. The molecular weight excluding hydrogens is 634 g/mol. The summed E-state index contributed by atoms with van der Waals surface area (Å²) in [5.74, 6) is -0.122. The fraction of sp³-hybridized carbons (Fsp3) is 0.667. The monoisotopic (exact) mass is 690 g/mol. The molecule has 1 saturated heterocycles. The largest absolute Gasteiger partial charge is 0.463 e. The lowest BCUT2D eigenvalue weighted by molar-refractivity contribution is -0.146. The van der Waals surface area contributed by atoms with Crippen molar-refractivity contribution in [3.8, 4) is 0 Å². The van der Waals surface area contributed by atoms with Crippen LogP contribution in [0.4, 0.5) is 24.5 Å². The first-order valence-corrected chi connectivity index (χ1v) is 19.4. The van der Waals surface area contributed by atoms with Gasteiger partial charge in [0.25, 0.3) is 0 Å². The number of carbonyl (C=O) groups excluding carboxylic acids is 1. The summed E-state index contributed by atoms with van der Waals surface area (Å²) in [6.45, 7) is 6.37. The molecule has 2 aliphatic rings. The van der Waals surface area contributed by atoms with Gasteiger partial charge >= 0.3 is 12.1 Å². The fourth-order valence-electron chi connectivity index (χ4n) is 6.73. The summed E-state index contributed by atoms with van der Waals surface area (Å²) in [5, 5.41) is 0. The van der Waals surface area contributed by atoms with E-state index in [-0.39, 0.29) is 12.1 Å². The number of hydrogen-bond donors (Lipinski definition) is 0. The van der Waals surface area contributed by atoms with E-state index in [1.807, 2.05) is 29.2 Å². The molecule has 2 aromatic carbocycles. The van der Waals surface area contributed by atoms with Gasteiger partial charge in [-0.2, -0.15) is 13.2 Å². The Hall–Kier alpha value is -2.23. The van der Waals surface area contributed by atoms with Crippen LogP contribution in [0, 0.1) is 0 Å². The number of benzene rings is 2. The first-order valence-electron chi connectivity index (χ1n) is 18.6. The molecule has 9 heteroatoms. The maximum absolute atomic E-state index is 13.5. The smallest absolute Gasteiger partial charge is 0.416 e. The normalized spacial score (nSPS) is 15.4. The van der Waals surface area contributed by atoms with Crippen LogP contribution in [0.25, 0.3) is 0 Å². The van der Waals surface area contributed by atoms with Crippen molar-refractivity contribution < 1.29 is 27.4 Å². The van der Waals surface area contributed by atoms with Crippen molar-refractivity contribution in [2.24, 2.45) is 0 Å². The van der Waals surface area contributed by atoms with Crippen molar-refractivity contribution in [1.29, 1.82) is 0 Å². The van der Waals surface area contributed by atoms with E-state index in [0.717, 1.165) is 67.2 Å². The van der Waals surface area contributed by atoms with Gasteiger partial charge in [0.05, 0.1) is 29.6 Å². The number of rotatable bonds is 22. The Morgan fingerprint density at radius 3 is 2.06 bits per heavy atom. The van der Waals surface area contributed by atoms with Crippen LogP contribution in [0.1, 0.15) is 122 Å². The van der Waals surface area contributed by atoms with E-state index in [0.29, 0.717) is 31.9 Å². The highest BCUT2D eigenvalue weighted by Gasteiger charge is 2.33. The SMILES string of the molecule is CCCCCCCCCCCCCCCC(=O)OCCOC1CCN(CCCN2c3ccccc3Sc3ccc(C(F)(F)F)cc32)CC1. The minimum absolute atomic E-state index is 0.122. The van der Waals surface area contributed by atoms with Crippen molar-refractivity contribution in [2.45, 2.75) is 138 Å². The Bertz CT molecular complexity index is 1220. The fourth-order valence-corrected chi connectivity index (χ4v) is 7.80. The summed E-state index contributed by atoms with van der Waals surface area (Å²) >= 11 is 1.53. The molecule has 0 aromatic heterocycles. The van der Waals surface area contributed by atoms with Crippen LogP contribution in [0.3, 0.4) is 0 Å². The van der Waals surface area contributed by atoms with Gasteiger partial charge in [0.2, 0.25) is 0 Å². The number of hydrogen-bond acceptors (Lipinski definition) is 6. The second kappa shape index (κ2) is 21.1. The highest BCUT2D eigenvalue weighted by atomic mass is 32.2. The molecule has 0 N–H and O–H groups in total. The third kappa shape index (κ3) is 13.2. The minimum atomic E-state index is -4.37. The molecule has 4 rings (SSSR count). The summed E-state index contributed by atoms with van der Waals surface area (Å²) < 4.78 is 52.0. The predicted molar refractivity (Wildman–Crippen MR) is 190 cm³/mol. The molecule has 0 spiro atoms. The lowest BCUT2D eigenvalue weighted by atomic mass is 10.0. The Kier molecular flexibility index (Phi) is 16.9. The zero-order valence-corrected chi connectivity index (χ0v) is 29.9. The van der Waals surface area contributed by atoms with Gasteiger partial charge in [0.1, 0.15) is 6.61 Å². The predicted octanol–water partition coefficient (Wildman–Crippen LogP) is 11.2. The number of fused-ring (bicyclic) bond motifs is 2. The standard InChI is InChI=1S/C39H57F3N2O3S/c1-2-3-4-5-6-7-8-9-10-11-12-13-14-20-38(45)47-30-29-46-33-23-27-43(28-24-33)25-17-26-44-34-18-15-16-19-36(34)48-37-22-21-32(31-35(37)44)39(40,41)42/h15-16,18-19,21-22,31,33H,2-14,17,20,23-30H2,1H3. The van der Waals surface area contributed by atoms with Gasteiger partial charge in [0, 0.05) is 35.8 Å². The van der Waals surface area contributed by atoms with Gasteiger partial charge < -0.3 is 19.3 Å². The zero-order valence-electron chi connectivity index (χ0n) is 29.0. The number of alkyl halides is 3. The van der Waals surface area contributed by atoms with Crippen LogP contribution in [0.15, 0.2) is 52.3 Å². The molecule has 2 aliphatic heterocycles. The average Bonchev–Trinajstić information content (AvgIpc) is 3.08. The third-order valence-corrected chi connectivity index (χ3v) is 10.7. The van der Waals surface area contributed by atoms with Crippen molar-refractivity contribution in [1.82, 2.24) is 4.90 Å². The summed E-state index contributed by atoms with van der Waals surface area (Å²) in [4.78, 5) is 18.5. The van der Waals surface area contributed by atoms with Crippen LogP contribution in [0.5, 0.6) is 0 Å². The maximum atomic E-state index is 13.5. The number of halogens is 3. The quantitative estimate of drug-likeness (QED) is 0.0905. The van der Waals surface area contributed by atoms with Crippen molar-refractivity contribution >= 4 is 29.1 Å². The molecule has 0 radical (unpaired) electrons. The molecular formula is C39H57F3N2O3S. The van der Waals surface area contributed by atoms with Crippen molar-refractivity contribution in [3.05, 3.63) is 48.0 Å². The van der Waals surface area contributed by atoms with Crippen molar-refractivity contribution in [2.75, 3.05) is 44.3 Å². The second-order valence-electron chi connectivity index (χ2n) is 13.4. The Morgan fingerprint density at radius 1 is 0.771 bits per heavy atom. The van der Waals surface area contributed by atoms with Gasteiger partial charge in [-0.05, 0) is 62.6 Å². The van der Waals surface area contributed by atoms with E-state index in [2.05, 4.69) is 11.8 Å². The van der Waals surface area contributed by atoms with Crippen LogP contribution in [-0.2, 0) is 20.4 Å². The van der Waals surface area contributed by atoms with Crippen LogP contribution in [0.2, 0.25) is 0 Å². The summed E-state index contributed by atoms with van der Waals surface area (Å²) in [6, 6.07) is 12.0. The molecule has 5 nitrogen and oxygen atoms in total. The molecule has 0 bridgehead atoms. The lowest BCUT2D eigenvalue weighted by Gasteiger charge is -2.35. The number of ether oxygens (including phenoxy) is 2. The Morgan fingerprint density at radius 2 is 1.40 bits per heavy atom. The van der Waals surface area contributed by atoms with Crippen molar-refractivity contribution in [3.63, 3.8) is 0 Å². The van der Waals surface area contributed by atoms with E-state index in [4.69, 9.17) is 9.47 Å². The number of unbranched alkanes of at least 4 members (excludes halogenated alkanes) is 12. The Balaban J connectivity index is 1.02. The van der Waals surface area contributed by atoms with Gasteiger partial charge in [-0.25, -0.2) is 0 Å². The molecule has 0 amide bonds. The summed E-state index contributed by atoms with van der Waals surface area (Å²) in [7, 11) is 0. The summed E-state index contributed by atoms with van der Waals surface area (Å²) in [5.41, 5.74) is 0.982. The number of nitrogens with zero attached hydrogens (tertiary/aromatic N) is 2. The molecule has 1 fully saturated rings. The third-order valence-electron chi connectivity index (χ3n) is 9.53. The summed E-state index contributed by atoms with van der Waals surface area (Å²) in [6.07, 6.45) is 15.7. The average molecular weight is 691 g/mol. The topological polar surface area (TPSA) is 42.0 Å². The molecule has 0 unspecified atom stereocenters. The van der Waals surface area contributed by atoms with Gasteiger partial charge in [-0.3, -0.25) is 4.79 Å².